The molecular formula is C7H10N3. The maximum Gasteiger partial charge on any atom is 0.130 e. The van der Waals surface area contributed by atoms with Crippen molar-refractivity contribution in [3.63, 3.8) is 0 Å². The predicted octanol–water partition coefficient (Wildman–Crippen LogP) is 0.990. The Bertz CT molecular complexity index is 225. The van der Waals surface area contributed by atoms with Gasteiger partial charge in [0.15, 0.2) is 0 Å². The van der Waals surface area contributed by atoms with E-state index in [0.29, 0.717) is 11.9 Å². The van der Waals surface area contributed by atoms with Crippen molar-refractivity contribution in [2.75, 3.05) is 5.73 Å². The van der Waals surface area contributed by atoms with E-state index in [2.05, 4.69) is 11.2 Å². The molecule has 1 heterocycles. The van der Waals surface area contributed by atoms with Gasteiger partial charge in [0, 0.05) is 6.07 Å². The van der Waals surface area contributed by atoms with Crippen molar-refractivity contribution in [1.29, 1.82) is 0 Å². The first-order valence-electron chi connectivity index (χ1n) is 3.58. The van der Waals surface area contributed by atoms with Crippen LogP contribution in [0.1, 0.15) is 25.3 Å². The summed E-state index contributed by atoms with van der Waals surface area (Å²) in [6, 6.07) is 3.41. The lowest BCUT2D eigenvalue weighted by atomic mass is 9.93. The average molecular weight is 136 g/mol. The number of hydrogen-bond acceptors (Lipinski definition) is 2. The largest absolute Gasteiger partial charge is 0.383 e. The summed E-state index contributed by atoms with van der Waals surface area (Å²) in [7, 11) is 0. The summed E-state index contributed by atoms with van der Waals surface area (Å²) < 4.78 is 1.86. The van der Waals surface area contributed by atoms with Gasteiger partial charge in [-0.2, -0.15) is 5.10 Å². The lowest BCUT2D eigenvalue weighted by Gasteiger charge is -2.26. The average Bonchev–Trinajstić information content (AvgIpc) is 2.12. The number of nitrogen functional groups attached to an aromatic ring is 1. The quantitative estimate of drug-likeness (QED) is 0.625. The fraction of sp³-hybridized carbons (Fsp3) is 0.571. The van der Waals surface area contributed by atoms with Gasteiger partial charge in [0.2, 0.25) is 0 Å². The van der Waals surface area contributed by atoms with Crippen molar-refractivity contribution in [1.82, 2.24) is 9.78 Å². The minimum atomic E-state index is 0.561. The van der Waals surface area contributed by atoms with E-state index in [1.165, 1.54) is 19.3 Å². The second-order valence-corrected chi connectivity index (χ2v) is 2.70. The van der Waals surface area contributed by atoms with E-state index in [0.717, 1.165) is 0 Å². The minimum Gasteiger partial charge on any atom is -0.383 e. The molecule has 0 bridgehead atoms. The van der Waals surface area contributed by atoms with Crippen molar-refractivity contribution in [3.05, 3.63) is 12.3 Å². The lowest BCUT2D eigenvalue weighted by Crippen LogP contribution is -2.19. The third-order valence-corrected chi connectivity index (χ3v) is 2.06. The van der Waals surface area contributed by atoms with Crippen LogP contribution in [-0.4, -0.2) is 9.78 Å². The molecule has 0 spiro atoms. The maximum absolute atomic E-state index is 5.60. The second-order valence-electron chi connectivity index (χ2n) is 2.70. The molecule has 0 atom stereocenters. The predicted molar refractivity (Wildman–Crippen MR) is 38.4 cm³/mol. The molecule has 1 aliphatic rings. The molecule has 2 rings (SSSR count). The molecule has 0 unspecified atom stereocenters. The van der Waals surface area contributed by atoms with Gasteiger partial charge in [0.1, 0.15) is 5.82 Å². The van der Waals surface area contributed by atoms with Crippen LogP contribution in [0.25, 0.3) is 0 Å². The number of nitrogens with zero attached hydrogens (tertiary/aromatic N) is 2. The molecule has 53 valence electrons. The first-order chi connectivity index (χ1) is 4.88. The van der Waals surface area contributed by atoms with E-state index in [-0.39, 0.29) is 0 Å². The van der Waals surface area contributed by atoms with Gasteiger partial charge in [-0.15, -0.1) is 0 Å². The molecule has 1 saturated carbocycles. The summed E-state index contributed by atoms with van der Waals surface area (Å²) in [5.41, 5.74) is 5.60. The molecule has 0 amide bonds. The summed E-state index contributed by atoms with van der Waals surface area (Å²) in [4.78, 5) is 0. The van der Waals surface area contributed by atoms with E-state index >= 15 is 0 Å². The molecule has 2 N–H and O–H groups in total. The van der Waals surface area contributed by atoms with Crippen molar-refractivity contribution >= 4 is 5.82 Å². The van der Waals surface area contributed by atoms with Gasteiger partial charge in [-0.25, -0.2) is 4.68 Å². The van der Waals surface area contributed by atoms with Gasteiger partial charge in [-0.3, -0.25) is 0 Å². The minimum absolute atomic E-state index is 0.561. The summed E-state index contributed by atoms with van der Waals surface area (Å²) in [5.74, 6) is 0.671. The Morgan fingerprint density at radius 3 is 2.90 bits per heavy atom. The monoisotopic (exact) mass is 136 g/mol. The number of rotatable bonds is 1. The van der Waals surface area contributed by atoms with Crippen LogP contribution in [0, 0.1) is 6.07 Å². The summed E-state index contributed by atoms with van der Waals surface area (Å²) in [5, 5.41) is 4.07. The first kappa shape index (κ1) is 5.77. The van der Waals surface area contributed by atoms with Gasteiger partial charge in [0.05, 0.1) is 12.2 Å². The molecule has 1 aromatic heterocycles. The van der Waals surface area contributed by atoms with Gasteiger partial charge < -0.3 is 5.73 Å². The van der Waals surface area contributed by atoms with Gasteiger partial charge in [-0.1, -0.05) is 0 Å². The Morgan fingerprint density at radius 2 is 2.50 bits per heavy atom. The molecular weight excluding hydrogens is 126 g/mol. The van der Waals surface area contributed by atoms with Crippen LogP contribution in [0.3, 0.4) is 0 Å². The van der Waals surface area contributed by atoms with Crippen molar-refractivity contribution in [2.45, 2.75) is 25.3 Å². The zero-order chi connectivity index (χ0) is 6.97. The van der Waals surface area contributed by atoms with E-state index in [4.69, 9.17) is 5.73 Å². The molecule has 1 fully saturated rings. The van der Waals surface area contributed by atoms with Crippen LogP contribution in [0.15, 0.2) is 6.20 Å². The lowest BCUT2D eigenvalue weighted by molar-refractivity contribution is 0.293. The normalized spacial score (nSPS) is 18.8. The molecule has 0 saturated heterocycles. The highest BCUT2D eigenvalue weighted by molar-refractivity contribution is 5.25. The molecule has 3 heteroatoms. The third-order valence-electron chi connectivity index (χ3n) is 2.06. The summed E-state index contributed by atoms with van der Waals surface area (Å²) >= 11 is 0. The Balaban J connectivity index is 2.23. The molecule has 1 radical (unpaired) electrons. The fourth-order valence-corrected chi connectivity index (χ4v) is 1.21. The Labute approximate surface area is 59.8 Å². The molecule has 10 heavy (non-hydrogen) atoms. The van der Waals surface area contributed by atoms with Crippen LogP contribution in [0.4, 0.5) is 5.82 Å². The number of anilines is 1. The summed E-state index contributed by atoms with van der Waals surface area (Å²) in [6.07, 6.45) is 5.39. The van der Waals surface area contributed by atoms with Gasteiger partial charge >= 0.3 is 0 Å². The Hall–Kier alpha value is -0.990. The molecule has 1 aromatic rings. The molecule has 3 nitrogen and oxygen atoms in total. The van der Waals surface area contributed by atoms with E-state index in [1.54, 1.807) is 6.20 Å². The Kier molecular flexibility index (Phi) is 1.16. The van der Waals surface area contributed by atoms with Crippen molar-refractivity contribution < 1.29 is 0 Å². The van der Waals surface area contributed by atoms with Crippen molar-refractivity contribution in [3.8, 4) is 0 Å². The number of hydrogen-bond donors (Lipinski definition) is 1. The van der Waals surface area contributed by atoms with E-state index < -0.39 is 0 Å². The standard InChI is InChI=1S/C7H10N3/c8-7-4-5-9-10(7)6-2-1-3-6/h5-6H,1-3,8H2. The molecule has 0 aromatic carbocycles. The fourth-order valence-electron chi connectivity index (χ4n) is 1.21. The van der Waals surface area contributed by atoms with Crippen LogP contribution in [-0.2, 0) is 0 Å². The van der Waals surface area contributed by atoms with Crippen LogP contribution in [0.5, 0.6) is 0 Å². The Morgan fingerprint density at radius 1 is 1.70 bits per heavy atom. The maximum atomic E-state index is 5.60. The van der Waals surface area contributed by atoms with E-state index in [1.807, 2.05) is 4.68 Å². The highest BCUT2D eigenvalue weighted by Gasteiger charge is 2.20. The zero-order valence-electron chi connectivity index (χ0n) is 5.75. The first-order valence-corrected chi connectivity index (χ1v) is 3.58. The highest BCUT2D eigenvalue weighted by atomic mass is 15.3. The van der Waals surface area contributed by atoms with Gasteiger partial charge in [0.25, 0.3) is 0 Å². The highest BCUT2D eigenvalue weighted by Crippen LogP contribution is 2.31. The third kappa shape index (κ3) is 0.701. The summed E-state index contributed by atoms with van der Waals surface area (Å²) in [6.45, 7) is 0. The van der Waals surface area contributed by atoms with Crippen molar-refractivity contribution in [2.24, 2.45) is 0 Å². The van der Waals surface area contributed by atoms with Crippen LogP contribution < -0.4 is 5.73 Å². The molecule has 1 aliphatic carbocycles. The number of nitrogens with two attached hydrogens (primary N) is 1. The SMILES string of the molecule is Nc1[c]cnn1C1CCC1. The zero-order valence-corrected chi connectivity index (χ0v) is 5.75. The van der Waals surface area contributed by atoms with Crippen LogP contribution in [0.2, 0.25) is 0 Å². The van der Waals surface area contributed by atoms with Gasteiger partial charge in [-0.05, 0) is 19.3 Å². The van der Waals surface area contributed by atoms with Crippen LogP contribution >= 0.6 is 0 Å². The number of aromatic nitrogens is 2. The smallest absolute Gasteiger partial charge is 0.130 e. The topological polar surface area (TPSA) is 43.8 Å². The second kappa shape index (κ2) is 2.01. The molecule has 0 aliphatic heterocycles. The van der Waals surface area contributed by atoms with E-state index in [9.17, 15) is 0 Å².